The lowest BCUT2D eigenvalue weighted by Crippen LogP contribution is -2.44. The molecule has 0 heterocycles. The number of hydrogen-bond acceptors (Lipinski definition) is 2. The van der Waals surface area contributed by atoms with Gasteiger partial charge in [-0.3, -0.25) is 0 Å². The monoisotopic (exact) mass is 184 g/mol. The van der Waals surface area contributed by atoms with Gasteiger partial charge in [0.05, 0.1) is 11.7 Å². The first-order chi connectivity index (χ1) is 5.92. The van der Waals surface area contributed by atoms with Crippen LogP contribution in [0.1, 0.15) is 33.6 Å². The van der Waals surface area contributed by atoms with Gasteiger partial charge in [0.15, 0.2) is 0 Å². The predicted molar refractivity (Wildman–Crippen MR) is 51.4 cm³/mol. The number of methoxy groups -OCH3 is 1. The molecule has 2 nitrogen and oxygen atoms in total. The van der Waals surface area contributed by atoms with Gasteiger partial charge in [-0.05, 0) is 37.0 Å². The Morgan fingerprint density at radius 3 is 2.38 bits per heavy atom. The largest absolute Gasteiger partial charge is 0.390 e. The molecule has 2 heteroatoms. The Kier molecular flexibility index (Phi) is 1.81. The Hall–Kier alpha value is -0.0800. The lowest BCUT2D eigenvalue weighted by atomic mass is 9.83. The SMILES string of the molecule is CO[C@]1(C)C[C@H]2[C@@H](C[C@H]1O)C2(C)C. The summed E-state index contributed by atoms with van der Waals surface area (Å²) in [4.78, 5) is 0. The van der Waals surface area contributed by atoms with Crippen molar-refractivity contribution in [3.8, 4) is 0 Å². The average Bonchev–Trinajstić information content (AvgIpc) is 2.56. The first kappa shape index (κ1) is 9.47. The third-order valence-corrected chi connectivity index (χ3v) is 4.56. The van der Waals surface area contributed by atoms with Crippen molar-refractivity contribution < 1.29 is 9.84 Å². The summed E-state index contributed by atoms with van der Waals surface area (Å²) in [5.74, 6) is 1.49. The number of rotatable bonds is 1. The van der Waals surface area contributed by atoms with Crippen molar-refractivity contribution in [3.05, 3.63) is 0 Å². The molecule has 2 fully saturated rings. The molecule has 0 aromatic carbocycles. The highest BCUT2D eigenvalue weighted by molar-refractivity contribution is 5.13. The van der Waals surface area contributed by atoms with Gasteiger partial charge in [0, 0.05) is 7.11 Å². The highest BCUT2D eigenvalue weighted by Gasteiger charge is 2.64. The van der Waals surface area contributed by atoms with Crippen molar-refractivity contribution in [2.45, 2.75) is 45.3 Å². The molecule has 0 aromatic heterocycles. The topological polar surface area (TPSA) is 29.5 Å². The lowest BCUT2D eigenvalue weighted by molar-refractivity contribution is -0.114. The van der Waals surface area contributed by atoms with Gasteiger partial charge in [-0.2, -0.15) is 0 Å². The summed E-state index contributed by atoms with van der Waals surface area (Å²) in [5, 5.41) is 9.93. The fourth-order valence-corrected chi connectivity index (χ4v) is 3.01. The van der Waals surface area contributed by atoms with Gasteiger partial charge < -0.3 is 9.84 Å². The molecule has 0 saturated heterocycles. The standard InChI is InChI=1S/C11H20O2/c1-10(2)7-5-9(12)11(3,13-4)6-8(7)10/h7-9,12H,5-6H2,1-4H3/t7-,8+,9-,11-/m1/s1. The van der Waals surface area contributed by atoms with Crippen LogP contribution >= 0.6 is 0 Å². The van der Waals surface area contributed by atoms with Crippen LogP contribution in [-0.2, 0) is 4.74 Å². The van der Waals surface area contributed by atoms with E-state index in [0.29, 0.717) is 5.41 Å². The maximum atomic E-state index is 9.93. The van der Waals surface area contributed by atoms with Crippen LogP contribution in [0.25, 0.3) is 0 Å². The van der Waals surface area contributed by atoms with E-state index in [-0.39, 0.29) is 11.7 Å². The minimum absolute atomic E-state index is 0.277. The zero-order valence-corrected chi connectivity index (χ0v) is 9.00. The molecule has 0 unspecified atom stereocenters. The Balaban J connectivity index is 2.13. The highest BCUT2D eigenvalue weighted by Crippen LogP contribution is 2.66. The van der Waals surface area contributed by atoms with E-state index in [1.54, 1.807) is 7.11 Å². The van der Waals surface area contributed by atoms with Crippen LogP contribution in [0.3, 0.4) is 0 Å². The molecule has 0 aromatic rings. The molecule has 0 aliphatic heterocycles. The minimum Gasteiger partial charge on any atom is -0.390 e. The van der Waals surface area contributed by atoms with Gasteiger partial charge in [0.25, 0.3) is 0 Å². The lowest BCUT2D eigenvalue weighted by Gasteiger charge is -2.36. The van der Waals surface area contributed by atoms with Gasteiger partial charge in [-0.15, -0.1) is 0 Å². The molecule has 0 bridgehead atoms. The van der Waals surface area contributed by atoms with Crippen LogP contribution in [0, 0.1) is 17.3 Å². The predicted octanol–water partition coefficient (Wildman–Crippen LogP) is 1.82. The highest BCUT2D eigenvalue weighted by atomic mass is 16.5. The van der Waals surface area contributed by atoms with Crippen LogP contribution in [0.2, 0.25) is 0 Å². The van der Waals surface area contributed by atoms with E-state index < -0.39 is 0 Å². The molecule has 0 amide bonds. The number of ether oxygens (including phenoxy) is 1. The smallest absolute Gasteiger partial charge is 0.0911 e. The quantitative estimate of drug-likeness (QED) is 0.673. The number of hydrogen-bond donors (Lipinski definition) is 1. The van der Waals surface area contributed by atoms with E-state index in [2.05, 4.69) is 13.8 Å². The fraction of sp³-hybridized carbons (Fsp3) is 1.00. The van der Waals surface area contributed by atoms with E-state index in [4.69, 9.17) is 4.74 Å². The van der Waals surface area contributed by atoms with Gasteiger partial charge in [-0.25, -0.2) is 0 Å². The molecule has 4 atom stereocenters. The van der Waals surface area contributed by atoms with E-state index in [1.165, 1.54) is 0 Å². The average molecular weight is 184 g/mol. The molecule has 76 valence electrons. The van der Waals surface area contributed by atoms with E-state index in [1.807, 2.05) is 6.92 Å². The van der Waals surface area contributed by atoms with Crippen LogP contribution in [0.15, 0.2) is 0 Å². The maximum absolute atomic E-state index is 9.93. The van der Waals surface area contributed by atoms with Crippen molar-refractivity contribution in [1.29, 1.82) is 0 Å². The molecular formula is C11H20O2. The minimum atomic E-state index is -0.297. The summed E-state index contributed by atoms with van der Waals surface area (Å²) in [5.41, 5.74) is 0.145. The molecule has 2 rings (SSSR count). The van der Waals surface area contributed by atoms with Gasteiger partial charge in [0.2, 0.25) is 0 Å². The van der Waals surface area contributed by atoms with Crippen LogP contribution in [0.5, 0.6) is 0 Å². The number of fused-ring (bicyclic) bond motifs is 1. The summed E-state index contributed by atoms with van der Waals surface area (Å²) in [6, 6.07) is 0. The third-order valence-electron chi connectivity index (χ3n) is 4.56. The Labute approximate surface area is 80.3 Å². The molecule has 2 aliphatic rings. The molecule has 13 heavy (non-hydrogen) atoms. The van der Waals surface area contributed by atoms with E-state index in [0.717, 1.165) is 24.7 Å². The van der Waals surface area contributed by atoms with Gasteiger partial charge >= 0.3 is 0 Å². The molecule has 1 N–H and O–H groups in total. The molecule has 0 radical (unpaired) electrons. The molecular weight excluding hydrogens is 164 g/mol. The zero-order valence-electron chi connectivity index (χ0n) is 9.00. The van der Waals surface area contributed by atoms with Gasteiger partial charge in [0.1, 0.15) is 0 Å². The molecule has 0 spiro atoms. The first-order valence-corrected chi connectivity index (χ1v) is 5.15. The second-order valence-electron chi connectivity index (χ2n) is 5.51. The second kappa shape index (κ2) is 2.48. The second-order valence-corrected chi connectivity index (χ2v) is 5.51. The van der Waals surface area contributed by atoms with Gasteiger partial charge in [-0.1, -0.05) is 13.8 Å². The zero-order chi connectivity index (χ0) is 9.85. The Bertz CT molecular complexity index is 224. The summed E-state index contributed by atoms with van der Waals surface area (Å²) in [6.07, 6.45) is 1.66. The summed E-state index contributed by atoms with van der Waals surface area (Å²) < 4.78 is 5.43. The Morgan fingerprint density at radius 1 is 1.23 bits per heavy atom. The maximum Gasteiger partial charge on any atom is 0.0911 e. The van der Waals surface area contributed by atoms with Crippen molar-refractivity contribution >= 4 is 0 Å². The summed E-state index contributed by atoms with van der Waals surface area (Å²) in [7, 11) is 1.71. The molecule has 2 saturated carbocycles. The number of aliphatic hydroxyl groups is 1. The van der Waals surface area contributed by atoms with Crippen molar-refractivity contribution in [3.63, 3.8) is 0 Å². The Morgan fingerprint density at radius 2 is 1.85 bits per heavy atom. The van der Waals surface area contributed by atoms with Crippen molar-refractivity contribution in [2.24, 2.45) is 17.3 Å². The third kappa shape index (κ3) is 1.15. The summed E-state index contributed by atoms with van der Waals surface area (Å²) >= 11 is 0. The van der Waals surface area contributed by atoms with Crippen LogP contribution in [0.4, 0.5) is 0 Å². The number of aliphatic hydroxyl groups excluding tert-OH is 1. The van der Waals surface area contributed by atoms with Crippen LogP contribution in [-0.4, -0.2) is 23.9 Å². The van der Waals surface area contributed by atoms with E-state index >= 15 is 0 Å². The van der Waals surface area contributed by atoms with E-state index in [9.17, 15) is 5.11 Å². The first-order valence-electron chi connectivity index (χ1n) is 5.15. The van der Waals surface area contributed by atoms with Crippen molar-refractivity contribution in [1.82, 2.24) is 0 Å². The molecule has 2 aliphatic carbocycles. The van der Waals surface area contributed by atoms with Crippen LogP contribution < -0.4 is 0 Å². The van der Waals surface area contributed by atoms with Crippen molar-refractivity contribution in [2.75, 3.05) is 7.11 Å². The normalized spacial score (nSPS) is 52.8. The summed E-state index contributed by atoms with van der Waals surface area (Å²) in [6.45, 7) is 6.63. The fourth-order valence-electron chi connectivity index (χ4n) is 3.01.